The molecule has 138 valence electrons. The van der Waals surface area contributed by atoms with Crippen LogP contribution < -0.4 is 5.32 Å². The van der Waals surface area contributed by atoms with E-state index in [2.05, 4.69) is 17.1 Å². The van der Waals surface area contributed by atoms with Crippen LogP contribution in [-0.2, 0) is 11.3 Å². The largest absolute Gasteiger partial charge is 0.396 e. The summed E-state index contributed by atoms with van der Waals surface area (Å²) in [5, 5.41) is 12.9. The standard InChI is InChI=1S/C20H29FN2O2/c1-20(14-24)9-3-8-18(20)22-19(25)16-6-4-10-23(13-16)12-15-5-2-7-17(21)11-15/h2,5,7,11,16,18,24H,3-4,6,8-10,12-14H2,1H3,(H,22,25). The molecule has 1 aromatic rings. The molecule has 0 radical (unpaired) electrons. The van der Waals surface area contributed by atoms with E-state index in [-0.39, 0.29) is 35.7 Å². The lowest BCUT2D eigenvalue weighted by molar-refractivity contribution is -0.128. The third kappa shape index (κ3) is 4.39. The van der Waals surface area contributed by atoms with E-state index in [1.807, 2.05) is 6.07 Å². The summed E-state index contributed by atoms with van der Waals surface area (Å²) < 4.78 is 13.4. The maximum Gasteiger partial charge on any atom is 0.224 e. The third-order valence-electron chi connectivity index (χ3n) is 5.93. The van der Waals surface area contributed by atoms with Crippen molar-refractivity contribution in [2.75, 3.05) is 19.7 Å². The van der Waals surface area contributed by atoms with Gasteiger partial charge in [-0.1, -0.05) is 25.5 Å². The van der Waals surface area contributed by atoms with E-state index in [9.17, 15) is 14.3 Å². The number of nitrogens with one attached hydrogen (secondary N) is 1. The first-order valence-corrected chi connectivity index (χ1v) is 9.38. The summed E-state index contributed by atoms with van der Waals surface area (Å²) >= 11 is 0. The van der Waals surface area contributed by atoms with Crippen LogP contribution in [0.4, 0.5) is 4.39 Å². The monoisotopic (exact) mass is 348 g/mol. The van der Waals surface area contributed by atoms with Crippen molar-refractivity contribution in [3.8, 4) is 0 Å². The molecular weight excluding hydrogens is 319 g/mol. The number of hydrogen-bond donors (Lipinski definition) is 2. The molecule has 1 amide bonds. The predicted molar refractivity (Wildman–Crippen MR) is 95.4 cm³/mol. The van der Waals surface area contributed by atoms with Crippen molar-refractivity contribution in [1.82, 2.24) is 10.2 Å². The molecule has 3 atom stereocenters. The Kier molecular flexibility index (Phi) is 5.74. The summed E-state index contributed by atoms with van der Waals surface area (Å²) in [7, 11) is 0. The first-order valence-electron chi connectivity index (χ1n) is 9.38. The Morgan fingerprint density at radius 3 is 3.00 bits per heavy atom. The number of hydrogen-bond acceptors (Lipinski definition) is 3. The van der Waals surface area contributed by atoms with E-state index in [4.69, 9.17) is 0 Å². The lowest BCUT2D eigenvalue weighted by Crippen LogP contribution is -2.49. The summed E-state index contributed by atoms with van der Waals surface area (Å²) in [5.74, 6) is -0.130. The lowest BCUT2D eigenvalue weighted by Gasteiger charge is -2.35. The second-order valence-electron chi connectivity index (χ2n) is 7.97. The van der Waals surface area contributed by atoms with Gasteiger partial charge >= 0.3 is 0 Å². The van der Waals surface area contributed by atoms with Crippen LogP contribution in [0.5, 0.6) is 0 Å². The minimum absolute atomic E-state index is 0.0224. The van der Waals surface area contributed by atoms with Crippen LogP contribution in [0.2, 0.25) is 0 Å². The average Bonchev–Trinajstić information content (AvgIpc) is 2.96. The number of piperidine rings is 1. The minimum Gasteiger partial charge on any atom is -0.396 e. The molecule has 1 heterocycles. The molecule has 1 aliphatic heterocycles. The number of rotatable bonds is 5. The Bertz CT molecular complexity index is 609. The number of likely N-dealkylation sites (tertiary alicyclic amines) is 1. The number of carbonyl (C=O) groups excluding carboxylic acids is 1. The molecule has 2 fully saturated rings. The minimum atomic E-state index is -0.215. The summed E-state index contributed by atoms with van der Waals surface area (Å²) in [4.78, 5) is 15.0. The fourth-order valence-electron chi connectivity index (χ4n) is 4.26. The normalized spacial score (nSPS) is 30.4. The zero-order valence-corrected chi connectivity index (χ0v) is 15.0. The quantitative estimate of drug-likeness (QED) is 0.860. The first-order chi connectivity index (χ1) is 12.0. The first kappa shape index (κ1) is 18.3. The average molecular weight is 348 g/mol. The molecule has 3 unspecified atom stereocenters. The lowest BCUT2D eigenvalue weighted by atomic mass is 9.85. The third-order valence-corrected chi connectivity index (χ3v) is 5.93. The van der Waals surface area contributed by atoms with Crippen molar-refractivity contribution in [3.05, 3.63) is 35.6 Å². The van der Waals surface area contributed by atoms with E-state index >= 15 is 0 Å². The number of carbonyl (C=O) groups is 1. The van der Waals surface area contributed by atoms with Crippen LogP contribution in [0, 0.1) is 17.2 Å². The molecule has 25 heavy (non-hydrogen) atoms. The molecule has 1 saturated carbocycles. The maximum absolute atomic E-state index is 13.4. The summed E-state index contributed by atoms with van der Waals surface area (Å²) in [6.45, 7) is 4.51. The second-order valence-corrected chi connectivity index (χ2v) is 7.97. The maximum atomic E-state index is 13.4. The van der Waals surface area contributed by atoms with Crippen LogP contribution in [0.3, 0.4) is 0 Å². The van der Waals surface area contributed by atoms with Gasteiger partial charge in [-0.15, -0.1) is 0 Å². The molecule has 1 aromatic carbocycles. The Balaban J connectivity index is 1.56. The van der Waals surface area contributed by atoms with Crippen LogP contribution in [-0.4, -0.2) is 41.7 Å². The number of amides is 1. The highest BCUT2D eigenvalue weighted by Crippen LogP contribution is 2.37. The van der Waals surface area contributed by atoms with E-state index in [1.54, 1.807) is 12.1 Å². The van der Waals surface area contributed by atoms with Gasteiger partial charge in [-0.2, -0.15) is 0 Å². The molecule has 3 rings (SSSR count). The summed E-state index contributed by atoms with van der Waals surface area (Å²) in [6, 6.07) is 6.75. The fourth-order valence-corrected chi connectivity index (χ4v) is 4.26. The van der Waals surface area contributed by atoms with Crippen LogP contribution in [0.1, 0.15) is 44.6 Å². The summed E-state index contributed by atoms with van der Waals surface area (Å²) in [6.07, 6.45) is 4.84. The Labute approximate surface area is 149 Å². The van der Waals surface area contributed by atoms with Gasteiger partial charge in [-0.05, 0) is 49.9 Å². The second kappa shape index (κ2) is 7.83. The van der Waals surface area contributed by atoms with Gasteiger partial charge in [0.15, 0.2) is 0 Å². The Hall–Kier alpha value is -1.46. The molecule has 1 saturated heterocycles. The van der Waals surface area contributed by atoms with Crippen molar-refractivity contribution >= 4 is 5.91 Å². The molecule has 4 nitrogen and oxygen atoms in total. The van der Waals surface area contributed by atoms with Crippen LogP contribution >= 0.6 is 0 Å². The topological polar surface area (TPSA) is 52.6 Å². The van der Waals surface area contributed by atoms with Gasteiger partial charge in [0.1, 0.15) is 5.82 Å². The van der Waals surface area contributed by atoms with Crippen LogP contribution in [0.25, 0.3) is 0 Å². The van der Waals surface area contributed by atoms with Gasteiger partial charge in [0, 0.05) is 24.5 Å². The van der Waals surface area contributed by atoms with Crippen LogP contribution in [0.15, 0.2) is 24.3 Å². The smallest absolute Gasteiger partial charge is 0.224 e. The summed E-state index contributed by atoms with van der Waals surface area (Å²) in [5.41, 5.74) is 0.760. The molecule has 2 aliphatic rings. The molecule has 0 aromatic heterocycles. The van der Waals surface area contributed by atoms with Crippen molar-refractivity contribution in [3.63, 3.8) is 0 Å². The molecule has 5 heteroatoms. The van der Waals surface area contributed by atoms with Gasteiger partial charge in [-0.25, -0.2) is 4.39 Å². The Morgan fingerprint density at radius 1 is 1.40 bits per heavy atom. The van der Waals surface area contributed by atoms with Gasteiger partial charge < -0.3 is 10.4 Å². The Morgan fingerprint density at radius 2 is 2.24 bits per heavy atom. The molecule has 2 N–H and O–H groups in total. The molecule has 0 spiro atoms. The zero-order valence-electron chi connectivity index (χ0n) is 15.0. The van der Waals surface area contributed by atoms with E-state index in [0.717, 1.165) is 44.2 Å². The zero-order chi connectivity index (χ0) is 17.9. The number of aliphatic hydroxyl groups excluding tert-OH is 1. The highest BCUT2D eigenvalue weighted by atomic mass is 19.1. The van der Waals surface area contributed by atoms with Gasteiger partial charge in [-0.3, -0.25) is 9.69 Å². The van der Waals surface area contributed by atoms with Crippen molar-refractivity contribution in [1.29, 1.82) is 0 Å². The number of nitrogens with zero attached hydrogens (tertiary/aromatic N) is 1. The molecule has 1 aliphatic carbocycles. The molecule has 0 bridgehead atoms. The SMILES string of the molecule is CC1(CO)CCCC1NC(=O)C1CCCN(Cc2cccc(F)c2)C1. The van der Waals surface area contributed by atoms with Gasteiger partial charge in [0.25, 0.3) is 0 Å². The van der Waals surface area contributed by atoms with E-state index in [1.165, 1.54) is 6.07 Å². The van der Waals surface area contributed by atoms with Gasteiger partial charge in [0.2, 0.25) is 5.91 Å². The van der Waals surface area contributed by atoms with Crippen molar-refractivity contribution < 1.29 is 14.3 Å². The van der Waals surface area contributed by atoms with E-state index < -0.39 is 0 Å². The number of aliphatic hydroxyl groups is 1. The van der Waals surface area contributed by atoms with Crippen molar-refractivity contribution in [2.45, 2.75) is 51.6 Å². The highest BCUT2D eigenvalue weighted by Gasteiger charge is 2.40. The number of halogens is 1. The van der Waals surface area contributed by atoms with E-state index in [0.29, 0.717) is 13.1 Å². The highest BCUT2D eigenvalue weighted by molar-refractivity contribution is 5.79. The number of benzene rings is 1. The van der Waals surface area contributed by atoms with Crippen molar-refractivity contribution in [2.24, 2.45) is 11.3 Å². The van der Waals surface area contributed by atoms with Gasteiger partial charge in [0.05, 0.1) is 12.5 Å². The molecular formula is C20H29FN2O2. The predicted octanol–water partition coefficient (Wildman–Crippen LogP) is 2.71. The fraction of sp³-hybridized carbons (Fsp3) is 0.650.